The van der Waals surface area contributed by atoms with Gasteiger partial charge in [-0.25, -0.2) is 0 Å². The molecule has 2 N–H and O–H groups in total. The summed E-state index contributed by atoms with van der Waals surface area (Å²) in [5.74, 6) is -0.989. The fourth-order valence-electron chi connectivity index (χ4n) is 2.44. The lowest BCUT2D eigenvalue weighted by molar-refractivity contribution is -0.130. The van der Waals surface area contributed by atoms with Gasteiger partial charge in [-0.05, 0) is 26.7 Å². The summed E-state index contributed by atoms with van der Waals surface area (Å²) in [6.07, 6.45) is 3.23. The zero-order valence-electron chi connectivity index (χ0n) is 12.0. The third-order valence-electron chi connectivity index (χ3n) is 3.28. The summed E-state index contributed by atoms with van der Waals surface area (Å²) in [5.41, 5.74) is 0. The second kappa shape index (κ2) is 7.77. The first-order valence-corrected chi connectivity index (χ1v) is 6.96. The van der Waals surface area contributed by atoms with Gasteiger partial charge in [0.05, 0.1) is 12.8 Å². The predicted octanol–water partition coefficient (Wildman–Crippen LogP) is 0.488. The molecular weight excluding hydrogens is 260 g/mol. The maximum atomic E-state index is 11.6. The summed E-state index contributed by atoms with van der Waals surface area (Å²) in [7, 11) is 0. The average molecular weight is 282 g/mol. The molecule has 0 radical (unpaired) electrons. The maximum absolute atomic E-state index is 11.6. The molecule has 0 heterocycles. The standard InChI is InChI=1S/C14H22N2O4/c1-9(17)7-13(19)15-11-5-3-4-6-12(11)16-14(20)8-10(2)18/h11-12H,3-8H2,1-2H3,(H,15,19)(H,16,20)/t11-,12-/m1/s1. The van der Waals surface area contributed by atoms with Crippen molar-refractivity contribution < 1.29 is 19.2 Å². The lowest BCUT2D eigenvalue weighted by atomic mass is 9.90. The molecule has 6 nitrogen and oxygen atoms in total. The number of rotatable bonds is 6. The maximum Gasteiger partial charge on any atom is 0.227 e. The van der Waals surface area contributed by atoms with E-state index < -0.39 is 0 Å². The summed E-state index contributed by atoms with van der Waals surface area (Å²) in [5, 5.41) is 5.60. The summed E-state index contributed by atoms with van der Waals surface area (Å²) < 4.78 is 0. The lowest BCUT2D eigenvalue weighted by Gasteiger charge is -2.32. The van der Waals surface area contributed by atoms with Crippen LogP contribution >= 0.6 is 0 Å². The molecule has 6 heteroatoms. The van der Waals surface area contributed by atoms with Crippen molar-refractivity contribution in [3.8, 4) is 0 Å². The number of ketones is 2. The zero-order valence-corrected chi connectivity index (χ0v) is 12.0. The Labute approximate surface area is 118 Å². The van der Waals surface area contributed by atoms with E-state index in [2.05, 4.69) is 10.6 Å². The molecule has 0 spiro atoms. The molecule has 0 aromatic carbocycles. The van der Waals surface area contributed by atoms with Crippen LogP contribution < -0.4 is 10.6 Å². The van der Waals surface area contributed by atoms with Gasteiger partial charge in [-0.3, -0.25) is 19.2 Å². The normalized spacial score (nSPS) is 21.9. The number of amides is 2. The molecule has 2 amide bonds. The molecule has 0 aliphatic heterocycles. The molecule has 112 valence electrons. The molecule has 0 saturated heterocycles. The molecule has 1 rings (SSSR count). The summed E-state index contributed by atoms with van der Waals surface area (Å²) in [6, 6.07) is -0.321. The van der Waals surface area contributed by atoms with Crippen LogP contribution in [0.2, 0.25) is 0 Å². The molecule has 0 aromatic rings. The second-order valence-electron chi connectivity index (χ2n) is 5.39. The monoisotopic (exact) mass is 282 g/mol. The SMILES string of the molecule is CC(=O)CC(=O)N[C@@H]1CCCC[C@H]1NC(=O)CC(C)=O. The van der Waals surface area contributed by atoms with Crippen molar-refractivity contribution in [3.05, 3.63) is 0 Å². The zero-order chi connectivity index (χ0) is 15.1. The van der Waals surface area contributed by atoms with Crippen LogP contribution in [0.4, 0.5) is 0 Å². The first-order chi connectivity index (χ1) is 9.38. The van der Waals surface area contributed by atoms with Crippen molar-refractivity contribution in [3.63, 3.8) is 0 Å². The average Bonchev–Trinajstić information content (AvgIpc) is 2.29. The minimum atomic E-state index is -0.310. The van der Waals surface area contributed by atoms with Crippen LogP contribution in [0.3, 0.4) is 0 Å². The third kappa shape index (κ3) is 5.95. The molecule has 2 atom stereocenters. The van der Waals surface area contributed by atoms with Crippen molar-refractivity contribution >= 4 is 23.4 Å². The van der Waals surface area contributed by atoms with Crippen LogP contribution in [0, 0.1) is 0 Å². The van der Waals surface area contributed by atoms with Crippen molar-refractivity contribution in [2.75, 3.05) is 0 Å². The van der Waals surface area contributed by atoms with E-state index in [1.54, 1.807) is 0 Å². The lowest BCUT2D eigenvalue weighted by Crippen LogP contribution is -2.53. The smallest absolute Gasteiger partial charge is 0.227 e. The summed E-state index contributed by atoms with van der Waals surface area (Å²) in [4.78, 5) is 45.1. The number of Topliss-reactive ketones (excluding diaryl/α,β-unsaturated/α-hetero) is 2. The van der Waals surface area contributed by atoms with Gasteiger partial charge in [-0.1, -0.05) is 12.8 Å². The molecular formula is C14H22N2O4. The molecule has 0 aromatic heterocycles. The van der Waals surface area contributed by atoms with Gasteiger partial charge in [0.25, 0.3) is 0 Å². The molecule has 1 saturated carbocycles. The van der Waals surface area contributed by atoms with Crippen LogP contribution in [0.25, 0.3) is 0 Å². The minimum absolute atomic E-state index is 0.134. The van der Waals surface area contributed by atoms with E-state index in [1.165, 1.54) is 13.8 Å². The van der Waals surface area contributed by atoms with Gasteiger partial charge >= 0.3 is 0 Å². The number of hydrogen-bond acceptors (Lipinski definition) is 4. The molecule has 1 aliphatic rings. The Balaban J connectivity index is 2.53. The Hall–Kier alpha value is -1.72. The van der Waals surface area contributed by atoms with E-state index in [1.807, 2.05) is 0 Å². The van der Waals surface area contributed by atoms with E-state index in [0.717, 1.165) is 25.7 Å². The van der Waals surface area contributed by atoms with E-state index in [9.17, 15) is 19.2 Å². The number of carbonyl (C=O) groups is 4. The van der Waals surface area contributed by atoms with Gasteiger partial charge in [-0.2, -0.15) is 0 Å². The van der Waals surface area contributed by atoms with Gasteiger partial charge < -0.3 is 10.6 Å². The summed E-state index contributed by atoms with van der Waals surface area (Å²) >= 11 is 0. The Kier molecular flexibility index (Phi) is 6.35. The highest BCUT2D eigenvalue weighted by Gasteiger charge is 2.28. The van der Waals surface area contributed by atoms with Gasteiger partial charge in [0.1, 0.15) is 11.6 Å². The third-order valence-corrected chi connectivity index (χ3v) is 3.28. The quantitative estimate of drug-likeness (QED) is 0.693. The van der Waals surface area contributed by atoms with Gasteiger partial charge in [0.2, 0.25) is 11.8 Å². The Morgan fingerprint density at radius 3 is 1.45 bits per heavy atom. The Bertz CT molecular complexity index is 368. The van der Waals surface area contributed by atoms with Crippen LogP contribution in [-0.2, 0) is 19.2 Å². The van der Waals surface area contributed by atoms with Crippen molar-refractivity contribution in [2.24, 2.45) is 0 Å². The van der Waals surface area contributed by atoms with E-state index >= 15 is 0 Å². The Morgan fingerprint density at radius 2 is 1.15 bits per heavy atom. The largest absolute Gasteiger partial charge is 0.351 e. The van der Waals surface area contributed by atoms with E-state index in [0.29, 0.717) is 0 Å². The first kappa shape index (κ1) is 16.3. The second-order valence-corrected chi connectivity index (χ2v) is 5.39. The predicted molar refractivity (Wildman–Crippen MR) is 72.9 cm³/mol. The van der Waals surface area contributed by atoms with E-state index in [-0.39, 0.29) is 48.3 Å². The highest BCUT2D eigenvalue weighted by atomic mass is 16.2. The molecule has 1 fully saturated rings. The van der Waals surface area contributed by atoms with Gasteiger partial charge in [0.15, 0.2) is 0 Å². The Morgan fingerprint density at radius 1 is 0.800 bits per heavy atom. The highest BCUT2D eigenvalue weighted by Crippen LogP contribution is 2.19. The van der Waals surface area contributed by atoms with Crippen molar-refractivity contribution in [2.45, 2.75) is 64.5 Å². The molecule has 0 unspecified atom stereocenters. The summed E-state index contributed by atoms with van der Waals surface area (Å²) in [6.45, 7) is 2.74. The van der Waals surface area contributed by atoms with Gasteiger partial charge in [-0.15, -0.1) is 0 Å². The highest BCUT2D eigenvalue weighted by molar-refractivity contribution is 5.97. The minimum Gasteiger partial charge on any atom is -0.351 e. The fourth-order valence-corrected chi connectivity index (χ4v) is 2.44. The van der Waals surface area contributed by atoms with Crippen LogP contribution in [0.15, 0.2) is 0 Å². The molecule has 1 aliphatic carbocycles. The van der Waals surface area contributed by atoms with Crippen molar-refractivity contribution in [1.29, 1.82) is 0 Å². The van der Waals surface area contributed by atoms with Crippen LogP contribution in [-0.4, -0.2) is 35.5 Å². The number of nitrogens with one attached hydrogen (secondary N) is 2. The molecule has 20 heavy (non-hydrogen) atoms. The number of carbonyl (C=O) groups excluding carboxylic acids is 4. The first-order valence-electron chi connectivity index (χ1n) is 6.96. The van der Waals surface area contributed by atoms with Crippen LogP contribution in [0.1, 0.15) is 52.4 Å². The van der Waals surface area contributed by atoms with Crippen molar-refractivity contribution in [1.82, 2.24) is 10.6 Å². The molecule has 0 bridgehead atoms. The van der Waals surface area contributed by atoms with Gasteiger partial charge in [0, 0.05) is 12.1 Å². The van der Waals surface area contributed by atoms with Crippen LogP contribution in [0.5, 0.6) is 0 Å². The number of hydrogen-bond donors (Lipinski definition) is 2. The fraction of sp³-hybridized carbons (Fsp3) is 0.714. The van der Waals surface area contributed by atoms with E-state index in [4.69, 9.17) is 0 Å². The topological polar surface area (TPSA) is 92.3 Å².